The molecule has 2 aromatic carbocycles. The number of hydrogen-bond acceptors (Lipinski definition) is 7. The largest absolute Gasteiger partial charge is 0.468 e. The molecule has 3 aromatic rings. The van der Waals surface area contributed by atoms with Crippen LogP contribution in [0.1, 0.15) is 32.4 Å². The number of fused-ring (bicyclic) bond motifs is 3. The van der Waals surface area contributed by atoms with Gasteiger partial charge in [-0.15, -0.1) is 0 Å². The molecule has 8 nitrogen and oxygen atoms in total. The van der Waals surface area contributed by atoms with Crippen molar-refractivity contribution in [3.8, 4) is 11.1 Å². The van der Waals surface area contributed by atoms with E-state index in [9.17, 15) is 9.59 Å². The van der Waals surface area contributed by atoms with Gasteiger partial charge in [0.2, 0.25) is 5.91 Å². The zero-order valence-corrected chi connectivity index (χ0v) is 25.5. The number of amides is 1. The van der Waals surface area contributed by atoms with Gasteiger partial charge in [0.05, 0.1) is 28.9 Å². The maximum atomic E-state index is 14.2. The molecule has 0 radical (unpaired) electrons. The number of hydrogen-bond donors (Lipinski definition) is 1. The molecule has 4 heterocycles. The molecular formula is C32H34Cl2N4O4. The lowest BCUT2D eigenvalue weighted by atomic mass is 9.78. The highest BCUT2D eigenvalue weighted by Crippen LogP contribution is 2.47. The Hall–Kier alpha value is -3.17. The number of aromatic nitrogens is 1. The number of esters is 1. The number of carbonyl (C=O) groups is 2. The molecule has 220 valence electrons. The molecule has 2 saturated heterocycles. The van der Waals surface area contributed by atoms with Gasteiger partial charge in [-0.3, -0.25) is 19.5 Å². The van der Waals surface area contributed by atoms with Gasteiger partial charge in [-0.2, -0.15) is 0 Å². The summed E-state index contributed by atoms with van der Waals surface area (Å²) in [4.78, 5) is 35.5. The van der Waals surface area contributed by atoms with Crippen LogP contribution in [0.2, 0.25) is 10.0 Å². The summed E-state index contributed by atoms with van der Waals surface area (Å²) in [7, 11) is 1.45. The molecule has 0 aliphatic carbocycles. The summed E-state index contributed by atoms with van der Waals surface area (Å²) in [6, 6.07) is 15.6. The van der Waals surface area contributed by atoms with E-state index >= 15 is 0 Å². The minimum Gasteiger partial charge on any atom is -0.468 e. The zero-order valence-electron chi connectivity index (χ0n) is 24.0. The third-order valence-electron chi connectivity index (χ3n) is 8.70. The fourth-order valence-corrected chi connectivity index (χ4v) is 6.58. The summed E-state index contributed by atoms with van der Waals surface area (Å²) in [6.45, 7) is 6.90. The summed E-state index contributed by atoms with van der Waals surface area (Å²) in [5, 5.41) is 4.59. The van der Waals surface area contributed by atoms with Gasteiger partial charge in [-0.05, 0) is 69.2 Å². The van der Waals surface area contributed by atoms with Crippen molar-refractivity contribution in [2.24, 2.45) is 5.41 Å². The van der Waals surface area contributed by atoms with Crippen molar-refractivity contribution in [3.63, 3.8) is 0 Å². The highest BCUT2D eigenvalue weighted by atomic mass is 35.5. The predicted molar refractivity (Wildman–Crippen MR) is 165 cm³/mol. The van der Waals surface area contributed by atoms with E-state index in [-0.39, 0.29) is 11.9 Å². The number of benzene rings is 2. The third-order valence-corrected chi connectivity index (χ3v) is 9.15. The summed E-state index contributed by atoms with van der Waals surface area (Å²) >= 11 is 12.8. The lowest BCUT2D eigenvalue weighted by molar-refractivity contribution is -0.154. The minimum atomic E-state index is -0.931. The van der Waals surface area contributed by atoms with E-state index in [1.54, 1.807) is 17.2 Å². The number of pyridine rings is 1. The summed E-state index contributed by atoms with van der Waals surface area (Å²) in [6.07, 6.45) is 3.46. The molecule has 2 fully saturated rings. The predicted octanol–water partition coefficient (Wildman–Crippen LogP) is 5.76. The van der Waals surface area contributed by atoms with Crippen molar-refractivity contribution < 1.29 is 19.1 Å². The van der Waals surface area contributed by atoms with Gasteiger partial charge in [0.1, 0.15) is 5.41 Å². The molecule has 0 bridgehead atoms. The lowest BCUT2D eigenvalue weighted by Crippen LogP contribution is -2.65. The molecule has 0 atom stereocenters. The average Bonchev–Trinajstić information content (AvgIpc) is 3.03. The fourth-order valence-electron chi connectivity index (χ4n) is 6.26. The first-order chi connectivity index (χ1) is 20.1. The maximum absolute atomic E-state index is 14.2. The van der Waals surface area contributed by atoms with Crippen LogP contribution in [0, 0.1) is 5.41 Å². The first kappa shape index (κ1) is 28.9. The Morgan fingerprint density at radius 1 is 1.02 bits per heavy atom. The van der Waals surface area contributed by atoms with Crippen LogP contribution in [0.4, 0.5) is 17.1 Å². The van der Waals surface area contributed by atoms with Crippen LogP contribution in [0.15, 0.2) is 54.7 Å². The van der Waals surface area contributed by atoms with Gasteiger partial charge >= 0.3 is 5.97 Å². The smallest absolute Gasteiger partial charge is 0.316 e. The Balaban J connectivity index is 1.27. The van der Waals surface area contributed by atoms with Crippen LogP contribution < -0.4 is 15.1 Å². The molecule has 6 rings (SSSR count). The molecule has 1 N–H and O–H groups in total. The first-order valence-corrected chi connectivity index (χ1v) is 14.9. The van der Waals surface area contributed by atoms with E-state index in [0.717, 1.165) is 42.9 Å². The molecule has 3 aliphatic heterocycles. The molecular weight excluding hydrogens is 575 g/mol. The van der Waals surface area contributed by atoms with Crippen LogP contribution in [0.3, 0.4) is 0 Å². The number of rotatable bonds is 6. The fraction of sp³-hybridized carbons (Fsp3) is 0.406. The van der Waals surface area contributed by atoms with Crippen molar-refractivity contribution >= 4 is 52.1 Å². The number of anilines is 3. The molecule has 3 aliphatic rings. The zero-order chi connectivity index (χ0) is 29.6. The molecule has 0 saturated carbocycles. The monoisotopic (exact) mass is 608 g/mol. The number of methoxy groups -OCH3 is 1. The Labute approximate surface area is 255 Å². The second-order valence-electron chi connectivity index (χ2n) is 11.9. The Morgan fingerprint density at radius 3 is 2.40 bits per heavy atom. The third kappa shape index (κ3) is 5.04. The lowest BCUT2D eigenvalue weighted by Gasteiger charge is -2.49. The summed E-state index contributed by atoms with van der Waals surface area (Å²) in [5.41, 5.74) is 3.10. The van der Waals surface area contributed by atoms with Gasteiger partial charge in [-0.1, -0.05) is 29.3 Å². The van der Waals surface area contributed by atoms with Crippen molar-refractivity contribution in [2.75, 3.05) is 49.8 Å². The molecule has 10 heteroatoms. The number of nitrogens with zero attached hydrogens (tertiary/aromatic N) is 3. The van der Waals surface area contributed by atoms with E-state index in [1.165, 1.54) is 7.11 Å². The van der Waals surface area contributed by atoms with Crippen molar-refractivity contribution in [2.45, 2.75) is 38.1 Å². The molecule has 0 spiro atoms. The Bertz CT molecular complexity index is 1520. The quantitative estimate of drug-likeness (QED) is 0.356. The highest BCUT2D eigenvalue weighted by molar-refractivity contribution is 6.32. The van der Waals surface area contributed by atoms with Crippen LogP contribution >= 0.6 is 23.2 Å². The molecule has 0 unspecified atom stereocenters. The Morgan fingerprint density at radius 2 is 1.71 bits per heavy atom. The van der Waals surface area contributed by atoms with E-state index in [0.29, 0.717) is 52.8 Å². The van der Waals surface area contributed by atoms with Crippen molar-refractivity contribution in [1.29, 1.82) is 0 Å². The second-order valence-corrected chi connectivity index (χ2v) is 12.8. The van der Waals surface area contributed by atoms with E-state index in [2.05, 4.69) is 15.2 Å². The molecule has 1 amide bonds. The van der Waals surface area contributed by atoms with Gasteiger partial charge < -0.3 is 19.7 Å². The van der Waals surface area contributed by atoms with Gasteiger partial charge in [0, 0.05) is 72.6 Å². The normalized spacial score (nSPS) is 19.4. The Kier molecular flexibility index (Phi) is 7.68. The van der Waals surface area contributed by atoms with Crippen LogP contribution in [-0.4, -0.2) is 62.9 Å². The average molecular weight is 610 g/mol. The number of halogens is 2. The van der Waals surface area contributed by atoms with Crippen LogP contribution in [0.25, 0.3) is 11.1 Å². The summed E-state index contributed by atoms with van der Waals surface area (Å²) < 4.78 is 10.7. The van der Waals surface area contributed by atoms with Gasteiger partial charge in [0.15, 0.2) is 0 Å². The van der Waals surface area contributed by atoms with E-state index in [4.69, 9.17) is 32.7 Å². The molecule has 42 heavy (non-hydrogen) atoms. The van der Waals surface area contributed by atoms with Gasteiger partial charge in [-0.25, -0.2) is 0 Å². The van der Waals surface area contributed by atoms with Gasteiger partial charge in [0.25, 0.3) is 0 Å². The highest BCUT2D eigenvalue weighted by Gasteiger charge is 2.50. The topological polar surface area (TPSA) is 84.0 Å². The first-order valence-electron chi connectivity index (χ1n) is 14.2. The number of ether oxygens (including phenoxy) is 2. The standard InChI is InChI=1S/C32H34Cl2N4O4/c1-31(2)28-26(14-21(34)16-35-28)25-9-4-20(33)15-27(25)38(29(31)39)24-7-5-23(6-8-24)37-18-32(19-37,30(40)41-3)17-36-22-10-12-42-13-11-22/h4-9,14-16,22,36H,10-13,17-19H2,1-3H3. The van der Waals surface area contributed by atoms with Crippen molar-refractivity contribution in [3.05, 3.63) is 70.5 Å². The minimum absolute atomic E-state index is 0.125. The van der Waals surface area contributed by atoms with E-state index in [1.807, 2.05) is 56.3 Å². The summed E-state index contributed by atoms with van der Waals surface area (Å²) in [5.74, 6) is -0.325. The second kappa shape index (κ2) is 11.2. The van der Waals surface area contributed by atoms with Crippen LogP contribution in [-0.2, 0) is 24.5 Å². The van der Waals surface area contributed by atoms with Crippen LogP contribution in [0.5, 0.6) is 0 Å². The van der Waals surface area contributed by atoms with E-state index < -0.39 is 10.8 Å². The number of carbonyl (C=O) groups excluding carboxylic acids is 2. The maximum Gasteiger partial charge on any atom is 0.316 e. The number of nitrogens with one attached hydrogen (secondary N) is 1. The molecule has 1 aromatic heterocycles. The van der Waals surface area contributed by atoms with Crippen molar-refractivity contribution in [1.82, 2.24) is 10.3 Å². The SMILES string of the molecule is COC(=O)C1(CNC2CCOCC2)CN(c2ccc(N3C(=O)C(C)(C)c4ncc(Cl)cc4-c4ccc(Cl)cc43)cc2)C1.